The molecule has 0 N–H and O–H groups in total. The lowest BCUT2D eigenvalue weighted by Crippen LogP contribution is -2.15. The molecule has 1 aromatic carbocycles. The molecule has 0 heterocycles. The molecule has 0 atom stereocenters. The Kier molecular flexibility index (Phi) is 2.63. The Labute approximate surface area is 70.6 Å². The van der Waals surface area contributed by atoms with Gasteiger partial charge in [-0.05, 0) is 19.1 Å². The number of halogens is 2. The minimum Gasteiger partial charge on any atom is -0.375 e. The predicted octanol–water partition coefficient (Wildman–Crippen LogP) is 2.42. The predicted molar refractivity (Wildman–Crippen MR) is 45.3 cm³/mol. The summed E-state index contributed by atoms with van der Waals surface area (Å²) in [6, 6.07) is 3.49. The van der Waals surface area contributed by atoms with Crippen molar-refractivity contribution in [2.45, 2.75) is 6.92 Å². The van der Waals surface area contributed by atoms with Crippen molar-refractivity contribution in [1.29, 1.82) is 0 Å². The van der Waals surface area contributed by atoms with Crippen LogP contribution in [0.1, 0.15) is 6.92 Å². The van der Waals surface area contributed by atoms with E-state index in [9.17, 15) is 8.78 Å². The molecule has 0 saturated carbocycles. The summed E-state index contributed by atoms with van der Waals surface area (Å²) >= 11 is 0. The fraction of sp³-hybridized carbons (Fsp3) is 0.333. The van der Waals surface area contributed by atoms with Gasteiger partial charge in [-0.2, -0.15) is 0 Å². The number of hydrogen-bond acceptors (Lipinski definition) is 1. The molecule has 1 nitrogen and oxygen atoms in total. The van der Waals surface area contributed by atoms with Crippen LogP contribution < -0.4 is 4.90 Å². The van der Waals surface area contributed by atoms with Crippen molar-refractivity contribution < 1.29 is 8.78 Å². The maximum atomic E-state index is 12.7. The minimum absolute atomic E-state index is 0.537. The highest BCUT2D eigenvalue weighted by molar-refractivity contribution is 5.45. The summed E-state index contributed by atoms with van der Waals surface area (Å²) in [5, 5.41) is 0. The summed E-state index contributed by atoms with van der Waals surface area (Å²) in [6.45, 7) is 2.64. The van der Waals surface area contributed by atoms with Crippen LogP contribution >= 0.6 is 0 Å². The minimum atomic E-state index is -0.537. The highest BCUT2D eigenvalue weighted by atomic mass is 19.1. The van der Waals surface area contributed by atoms with E-state index in [1.165, 1.54) is 12.1 Å². The fourth-order valence-corrected chi connectivity index (χ4v) is 0.942. The number of anilines is 1. The fourth-order valence-electron chi connectivity index (χ4n) is 0.942. The number of benzene rings is 1. The van der Waals surface area contributed by atoms with Gasteiger partial charge in [-0.3, -0.25) is 0 Å². The van der Waals surface area contributed by atoms with Gasteiger partial charge in [0, 0.05) is 25.3 Å². The molecule has 12 heavy (non-hydrogen) atoms. The van der Waals surface area contributed by atoms with Gasteiger partial charge >= 0.3 is 0 Å². The van der Waals surface area contributed by atoms with Gasteiger partial charge in [0.25, 0.3) is 0 Å². The van der Waals surface area contributed by atoms with E-state index in [1.54, 1.807) is 11.9 Å². The van der Waals surface area contributed by atoms with Gasteiger partial charge in [0.05, 0.1) is 0 Å². The molecule has 0 aromatic heterocycles. The van der Waals surface area contributed by atoms with Gasteiger partial charge in [0.2, 0.25) is 0 Å². The summed E-state index contributed by atoms with van der Waals surface area (Å²) < 4.78 is 25.3. The first kappa shape index (κ1) is 8.97. The van der Waals surface area contributed by atoms with E-state index in [4.69, 9.17) is 0 Å². The number of hydrogen-bond donors (Lipinski definition) is 0. The van der Waals surface area contributed by atoms with Gasteiger partial charge in [0.1, 0.15) is 11.6 Å². The second-order valence-corrected chi connectivity index (χ2v) is 2.64. The maximum Gasteiger partial charge on any atom is 0.128 e. The lowest BCUT2D eigenvalue weighted by Gasteiger charge is -2.16. The van der Waals surface area contributed by atoms with Crippen LogP contribution in [0, 0.1) is 11.6 Å². The average molecular weight is 171 g/mol. The molecule has 66 valence electrons. The molecule has 0 bridgehead atoms. The molecule has 1 aromatic rings. The Bertz CT molecular complexity index is 253. The van der Waals surface area contributed by atoms with Crippen LogP contribution in [0.5, 0.6) is 0 Å². The molecular weight excluding hydrogens is 160 g/mol. The molecule has 0 aliphatic carbocycles. The number of rotatable bonds is 2. The molecule has 0 amide bonds. The maximum absolute atomic E-state index is 12.7. The third kappa shape index (κ3) is 1.94. The average Bonchev–Trinajstić information content (AvgIpc) is 2.01. The second-order valence-electron chi connectivity index (χ2n) is 2.64. The Balaban J connectivity index is 3.00. The largest absolute Gasteiger partial charge is 0.375 e. The summed E-state index contributed by atoms with van der Waals surface area (Å²) in [5.41, 5.74) is 0.565. The van der Waals surface area contributed by atoms with Crippen LogP contribution in [-0.2, 0) is 0 Å². The van der Waals surface area contributed by atoms with Gasteiger partial charge in [-0.1, -0.05) is 0 Å². The van der Waals surface area contributed by atoms with E-state index < -0.39 is 11.6 Å². The van der Waals surface area contributed by atoms with Crippen LogP contribution in [0.2, 0.25) is 0 Å². The van der Waals surface area contributed by atoms with Crippen molar-refractivity contribution in [2.75, 3.05) is 18.5 Å². The van der Waals surface area contributed by atoms with Crippen LogP contribution in [0.3, 0.4) is 0 Å². The van der Waals surface area contributed by atoms with Crippen molar-refractivity contribution in [3.05, 3.63) is 29.8 Å². The van der Waals surface area contributed by atoms with E-state index in [2.05, 4.69) is 0 Å². The van der Waals surface area contributed by atoms with Crippen molar-refractivity contribution in [3.63, 3.8) is 0 Å². The first-order valence-electron chi connectivity index (χ1n) is 3.80. The molecular formula is C9H11F2N. The monoisotopic (exact) mass is 171 g/mol. The quantitative estimate of drug-likeness (QED) is 0.660. The van der Waals surface area contributed by atoms with Crippen LogP contribution in [0.25, 0.3) is 0 Å². The van der Waals surface area contributed by atoms with Crippen molar-refractivity contribution >= 4 is 5.69 Å². The second kappa shape index (κ2) is 3.52. The highest BCUT2D eigenvalue weighted by Crippen LogP contribution is 2.15. The first-order valence-corrected chi connectivity index (χ1v) is 3.80. The summed E-state index contributed by atoms with van der Waals surface area (Å²) in [6.07, 6.45) is 0. The molecule has 0 saturated heterocycles. The van der Waals surface area contributed by atoms with Gasteiger partial charge < -0.3 is 4.90 Å². The zero-order chi connectivity index (χ0) is 9.14. The lowest BCUT2D eigenvalue weighted by molar-refractivity contribution is 0.583. The van der Waals surface area contributed by atoms with Gasteiger partial charge in [0.15, 0.2) is 0 Å². The molecule has 0 radical (unpaired) electrons. The Morgan fingerprint density at radius 3 is 2.08 bits per heavy atom. The molecule has 1 rings (SSSR count). The normalized spacial score (nSPS) is 10.0. The number of nitrogens with zero attached hydrogens (tertiary/aromatic N) is 1. The standard InChI is InChI=1S/C9H11F2N/c1-3-12(2)9-5-7(10)4-8(11)6-9/h4-6H,3H2,1-2H3. The SMILES string of the molecule is CCN(C)c1cc(F)cc(F)c1. The Morgan fingerprint density at radius 2 is 1.67 bits per heavy atom. The van der Waals surface area contributed by atoms with E-state index >= 15 is 0 Å². The lowest BCUT2D eigenvalue weighted by atomic mass is 10.3. The third-order valence-electron chi connectivity index (χ3n) is 1.76. The van der Waals surface area contributed by atoms with Gasteiger partial charge in [-0.15, -0.1) is 0 Å². The van der Waals surface area contributed by atoms with Crippen molar-refractivity contribution in [3.8, 4) is 0 Å². The van der Waals surface area contributed by atoms with Crippen molar-refractivity contribution in [1.82, 2.24) is 0 Å². The molecule has 0 aliphatic heterocycles. The topological polar surface area (TPSA) is 3.24 Å². The Morgan fingerprint density at radius 1 is 1.17 bits per heavy atom. The first-order chi connectivity index (χ1) is 5.63. The molecule has 0 aliphatic rings. The van der Waals surface area contributed by atoms with E-state index in [0.29, 0.717) is 5.69 Å². The summed E-state index contributed by atoms with van der Waals surface area (Å²) in [7, 11) is 1.79. The third-order valence-corrected chi connectivity index (χ3v) is 1.76. The van der Waals surface area contributed by atoms with Crippen LogP contribution in [-0.4, -0.2) is 13.6 Å². The van der Waals surface area contributed by atoms with Crippen molar-refractivity contribution in [2.24, 2.45) is 0 Å². The highest BCUT2D eigenvalue weighted by Gasteiger charge is 2.02. The Hall–Kier alpha value is -1.12. The zero-order valence-electron chi connectivity index (χ0n) is 7.14. The van der Waals surface area contributed by atoms with Crippen LogP contribution in [0.4, 0.5) is 14.5 Å². The summed E-state index contributed by atoms with van der Waals surface area (Å²) in [5.74, 6) is -1.07. The molecule has 0 fully saturated rings. The van der Waals surface area contributed by atoms with E-state index in [0.717, 1.165) is 12.6 Å². The molecule has 3 heteroatoms. The zero-order valence-corrected chi connectivity index (χ0v) is 7.14. The summed E-state index contributed by atoms with van der Waals surface area (Å²) in [4.78, 5) is 1.77. The van der Waals surface area contributed by atoms with E-state index in [-0.39, 0.29) is 0 Å². The van der Waals surface area contributed by atoms with Gasteiger partial charge in [-0.25, -0.2) is 8.78 Å². The smallest absolute Gasteiger partial charge is 0.128 e. The van der Waals surface area contributed by atoms with Crippen LogP contribution in [0.15, 0.2) is 18.2 Å². The molecule has 0 spiro atoms. The molecule has 0 unspecified atom stereocenters. The van der Waals surface area contributed by atoms with E-state index in [1.807, 2.05) is 6.92 Å².